The van der Waals surface area contributed by atoms with Crippen molar-refractivity contribution in [3.05, 3.63) is 101 Å². The van der Waals surface area contributed by atoms with Crippen molar-refractivity contribution >= 4 is 11.3 Å². The predicted molar refractivity (Wildman–Crippen MR) is 117 cm³/mol. The summed E-state index contributed by atoms with van der Waals surface area (Å²) in [5.74, 6) is 0. The van der Waals surface area contributed by atoms with Crippen molar-refractivity contribution in [2.45, 2.75) is 32.7 Å². The number of hydrogen-bond donors (Lipinski definition) is 1. The number of aromatic nitrogens is 1. The van der Waals surface area contributed by atoms with Crippen LogP contribution in [-0.4, -0.2) is 11.0 Å². The molecule has 1 aliphatic carbocycles. The maximum atomic E-state index is 5.00. The Morgan fingerprint density at radius 1 is 0.893 bits per heavy atom. The van der Waals surface area contributed by atoms with E-state index in [9.17, 15) is 0 Å². The number of hydrogen-bond acceptors (Lipinski definition) is 2. The van der Waals surface area contributed by atoms with E-state index in [0.29, 0.717) is 0 Å². The molecule has 0 radical (unpaired) electrons. The average Bonchev–Trinajstić information content (AvgIpc) is 2.74. The molecule has 0 amide bonds. The van der Waals surface area contributed by atoms with Gasteiger partial charge in [0.25, 0.3) is 0 Å². The number of allylic oxidation sites excluding steroid dienone is 2. The molecule has 3 aromatic rings. The van der Waals surface area contributed by atoms with Crippen molar-refractivity contribution in [2.75, 3.05) is 0 Å². The second-order valence-electron chi connectivity index (χ2n) is 7.74. The molecule has 0 fully saturated rings. The molecular weight excluding hydrogens is 340 g/mol. The first-order valence-electron chi connectivity index (χ1n) is 10.0. The van der Waals surface area contributed by atoms with Gasteiger partial charge in [0.15, 0.2) is 0 Å². The highest BCUT2D eigenvalue weighted by molar-refractivity contribution is 5.93. The van der Waals surface area contributed by atoms with Crippen molar-refractivity contribution in [1.29, 1.82) is 0 Å². The first-order valence-corrected chi connectivity index (χ1v) is 10.0. The molecule has 1 unspecified atom stereocenters. The number of nitrogens with one attached hydrogen (secondary N) is 1. The standard InChI is InChI=1S/C26H24N2/c1-17-15-23(19-9-5-3-6-10-19)21-13-14-22-24(20-11-7-4-8-12-20)16-18(2)28-26(22)25(21)27-17/h3-12,15-17,27H,13-14H2,1-2H3. The summed E-state index contributed by atoms with van der Waals surface area (Å²) in [5, 5.41) is 3.72. The lowest BCUT2D eigenvalue weighted by Gasteiger charge is -2.32. The molecule has 28 heavy (non-hydrogen) atoms. The van der Waals surface area contributed by atoms with Gasteiger partial charge in [-0.3, -0.25) is 4.98 Å². The van der Waals surface area contributed by atoms with E-state index < -0.39 is 0 Å². The van der Waals surface area contributed by atoms with Crippen LogP contribution in [0.3, 0.4) is 0 Å². The molecule has 0 saturated heterocycles. The molecule has 1 N–H and O–H groups in total. The van der Waals surface area contributed by atoms with Crippen LogP contribution in [0.2, 0.25) is 0 Å². The summed E-state index contributed by atoms with van der Waals surface area (Å²) >= 11 is 0. The molecule has 0 spiro atoms. The molecule has 2 heteroatoms. The van der Waals surface area contributed by atoms with Crippen LogP contribution in [0.25, 0.3) is 22.4 Å². The van der Waals surface area contributed by atoms with Crippen LogP contribution < -0.4 is 5.32 Å². The fraction of sp³-hybridized carbons (Fsp3) is 0.192. The van der Waals surface area contributed by atoms with Crippen molar-refractivity contribution in [1.82, 2.24) is 10.3 Å². The second-order valence-corrected chi connectivity index (χ2v) is 7.74. The van der Waals surface area contributed by atoms with Gasteiger partial charge >= 0.3 is 0 Å². The smallest absolute Gasteiger partial charge is 0.0905 e. The van der Waals surface area contributed by atoms with Crippen LogP contribution in [0.5, 0.6) is 0 Å². The third-order valence-electron chi connectivity index (χ3n) is 5.70. The third-order valence-corrected chi connectivity index (χ3v) is 5.70. The van der Waals surface area contributed by atoms with E-state index in [1.54, 1.807) is 0 Å². The zero-order valence-corrected chi connectivity index (χ0v) is 16.4. The van der Waals surface area contributed by atoms with Gasteiger partial charge in [-0.25, -0.2) is 0 Å². The van der Waals surface area contributed by atoms with Crippen LogP contribution in [0, 0.1) is 6.92 Å². The molecule has 0 bridgehead atoms. The lowest BCUT2D eigenvalue weighted by Crippen LogP contribution is -2.31. The monoisotopic (exact) mass is 364 g/mol. The number of rotatable bonds is 2. The molecule has 1 aromatic heterocycles. The molecule has 1 aliphatic heterocycles. The number of benzene rings is 2. The normalized spacial score (nSPS) is 18.1. The highest BCUT2D eigenvalue weighted by Gasteiger charge is 2.29. The second kappa shape index (κ2) is 6.79. The quantitative estimate of drug-likeness (QED) is 0.622. The van der Waals surface area contributed by atoms with E-state index in [4.69, 9.17) is 4.98 Å². The molecule has 138 valence electrons. The summed E-state index contributed by atoms with van der Waals surface area (Å²) in [6.07, 6.45) is 4.41. The van der Waals surface area contributed by atoms with Crippen LogP contribution in [0.1, 0.15) is 35.9 Å². The summed E-state index contributed by atoms with van der Waals surface area (Å²) in [5.41, 5.74) is 11.4. The van der Waals surface area contributed by atoms with Crippen LogP contribution in [0.4, 0.5) is 0 Å². The van der Waals surface area contributed by atoms with Crippen molar-refractivity contribution in [3.63, 3.8) is 0 Å². The Kier molecular flexibility index (Phi) is 4.12. The van der Waals surface area contributed by atoms with Gasteiger partial charge in [0.1, 0.15) is 0 Å². The minimum atomic E-state index is 0.280. The van der Waals surface area contributed by atoms with E-state index in [0.717, 1.165) is 24.2 Å². The van der Waals surface area contributed by atoms with Gasteiger partial charge in [-0.15, -0.1) is 0 Å². The lowest BCUT2D eigenvalue weighted by atomic mass is 9.80. The Labute approximate surface area is 166 Å². The van der Waals surface area contributed by atoms with Gasteiger partial charge < -0.3 is 5.32 Å². The molecule has 2 heterocycles. The summed E-state index contributed by atoms with van der Waals surface area (Å²) < 4.78 is 0. The molecule has 1 atom stereocenters. The first kappa shape index (κ1) is 17.0. The first-order chi connectivity index (χ1) is 13.7. The number of dihydropyridines is 1. The summed E-state index contributed by atoms with van der Waals surface area (Å²) in [4.78, 5) is 5.00. The minimum absolute atomic E-state index is 0.280. The molecule has 0 saturated carbocycles. The van der Waals surface area contributed by atoms with E-state index in [1.165, 1.54) is 39.1 Å². The van der Waals surface area contributed by atoms with Crippen LogP contribution in [-0.2, 0) is 6.42 Å². The molecular formula is C26H24N2. The lowest BCUT2D eigenvalue weighted by molar-refractivity contribution is 0.748. The van der Waals surface area contributed by atoms with Gasteiger partial charge in [-0.1, -0.05) is 66.7 Å². The zero-order chi connectivity index (χ0) is 19.1. The Morgan fingerprint density at radius 2 is 1.57 bits per heavy atom. The van der Waals surface area contributed by atoms with Gasteiger partial charge in [0, 0.05) is 11.7 Å². The summed E-state index contributed by atoms with van der Waals surface area (Å²) in [6, 6.07) is 24.0. The van der Waals surface area contributed by atoms with Gasteiger partial charge in [-0.2, -0.15) is 0 Å². The molecule has 2 aromatic carbocycles. The Morgan fingerprint density at radius 3 is 2.29 bits per heavy atom. The Bertz CT molecular complexity index is 1090. The predicted octanol–water partition coefficient (Wildman–Crippen LogP) is 5.79. The number of pyridine rings is 1. The van der Waals surface area contributed by atoms with E-state index in [-0.39, 0.29) is 6.04 Å². The van der Waals surface area contributed by atoms with Crippen molar-refractivity contribution in [2.24, 2.45) is 0 Å². The average molecular weight is 364 g/mol. The van der Waals surface area contributed by atoms with Crippen molar-refractivity contribution in [3.8, 4) is 11.1 Å². The maximum Gasteiger partial charge on any atom is 0.0905 e. The summed E-state index contributed by atoms with van der Waals surface area (Å²) in [7, 11) is 0. The minimum Gasteiger partial charge on any atom is -0.377 e. The molecule has 5 rings (SSSR count). The third kappa shape index (κ3) is 2.86. The fourth-order valence-corrected chi connectivity index (χ4v) is 4.49. The van der Waals surface area contributed by atoms with Crippen LogP contribution >= 0.6 is 0 Å². The number of nitrogens with zero attached hydrogens (tertiary/aromatic N) is 1. The number of fused-ring (bicyclic) bond motifs is 2. The number of aryl methyl sites for hydroxylation is 1. The largest absolute Gasteiger partial charge is 0.377 e. The summed E-state index contributed by atoms with van der Waals surface area (Å²) in [6.45, 7) is 4.32. The fourth-order valence-electron chi connectivity index (χ4n) is 4.49. The zero-order valence-electron chi connectivity index (χ0n) is 16.4. The van der Waals surface area contributed by atoms with Gasteiger partial charge in [0.05, 0.1) is 11.4 Å². The SMILES string of the molecule is Cc1cc(-c2ccccc2)c2c(n1)C1=C(CC2)C(c2ccccc2)=CC(C)N1. The highest BCUT2D eigenvalue weighted by atomic mass is 15.0. The van der Waals surface area contributed by atoms with Crippen molar-refractivity contribution < 1.29 is 0 Å². The van der Waals surface area contributed by atoms with E-state index >= 15 is 0 Å². The highest BCUT2D eigenvalue weighted by Crippen LogP contribution is 2.42. The molecule has 2 aliphatic rings. The molecule has 2 nitrogen and oxygen atoms in total. The maximum absolute atomic E-state index is 5.00. The van der Waals surface area contributed by atoms with Gasteiger partial charge in [0.2, 0.25) is 0 Å². The van der Waals surface area contributed by atoms with Gasteiger partial charge in [-0.05, 0) is 66.2 Å². The Hall–Kier alpha value is -3.13. The topological polar surface area (TPSA) is 24.9 Å². The Balaban J connectivity index is 1.70. The van der Waals surface area contributed by atoms with Crippen LogP contribution in [0.15, 0.2) is 78.4 Å². The van der Waals surface area contributed by atoms with E-state index in [1.807, 2.05) is 0 Å². The van der Waals surface area contributed by atoms with E-state index in [2.05, 4.69) is 92.0 Å².